The second kappa shape index (κ2) is 7.70. The van der Waals surface area contributed by atoms with E-state index in [4.69, 9.17) is 0 Å². The van der Waals surface area contributed by atoms with Crippen molar-refractivity contribution in [2.45, 2.75) is 49.0 Å². The maximum absolute atomic E-state index is 11.8. The minimum absolute atomic E-state index is 0.0347. The fourth-order valence-corrected chi connectivity index (χ4v) is 3.39. The Morgan fingerprint density at radius 1 is 1.20 bits per heavy atom. The lowest BCUT2D eigenvalue weighted by atomic mass is 9.85. The number of amides is 1. The molecule has 0 atom stereocenters. The summed E-state index contributed by atoms with van der Waals surface area (Å²) in [5, 5.41) is 13.2. The normalized spacial score (nSPS) is 17.6. The van der Waals surface area contributed by atoms with Gasteiger partial charge in [-0.05, 0) is 25.0 Å². The summed E-state index contributed by atoms with van der Waals surface area (Å²) in [7, 11) is 0. The van der Waals surface area contributed by atoms with Crippen LogP contribution in [0.15, 0.2) is 35.2 Å². The summed E-state index contributed by atoms with van der Waals surface area (Å²) in [4.78, 5) is 13.0. The number of hydrogen-bond donors (Lipinski definition) is 2. The lowest BCUT2D eigenvalue weighted by Gasteiger charge is -2.32. The van der Waals surface area contributed by atoms with E-state index in [1.165, 1.54) is 11.3 Å². The highest BCUT2D eigenvalue weighted by Gasteiger charge is 2.29. The minimum Gasteiger partial charge on any atom is -0.388 e. The van der Waals surface area contributed by atoms with E-state index in [1.807, 2.05) is 30.3 Å². The van der Waals surface area contributed by atoms with Crippen LogP contribution in [-0.4, -0.2) is 28.9 Å². The van der Waals surface area contributed by atoms with Gasteiger partial charge in [0.15, 0.2) is 0 Å². The van der Waals surface area contributed by atoms with Crippen LogP contribution in [0, 0.1) is 0 Å². The lowest BCUT2D eigenvalue weighted by molar-refractivity contribution is -0.122. The summed E-state index contributed by atoms with van der Waals surface area (Å²) in [6.07, 6.45) is 5.45. The zero-order chi connectivity index (χ0) is 14.3. The van der Waals surface area contributed by atoms with Crippen LogP contribution in [0.4, 0.5) is 0 Å². The van der Waals surface area contributed by atoms with Gasteiger partial charge >= 0.3 is 0 Å². The van der Waals surface area contributed by atoms with Crippen molar-refractivity contribution in [3.63, 3.8) is 0 Å². The Bertz CT molecular complexity index is 416. The van der Waals surface area contributed by atoms with Gasteiger partial charge in [-0.3, -0.25) is 4.79 Å². The van der Waals surface area contributed by atoms with Crippen LogP contribution in [0.1, 0.15) is 38.5 Å². The van der Waals surface area contributed by atoms with Crippen molar-refractivity contribution in [2.75, 3.05) is 12.3 Å². The molecule has 0 bridgehead atoms. The molecule has 1 amide bonds. The number of rotatable bonds is 6. The van der Waals surface area contributed by atoms with Crippen molar-refractivity contribution in [3.8, 4) is 0 Å². The van der Waals surface area contributed by atoms with E-state index < -0.39 is 5.60 Å². The molecular formula is C16H23NO2S. The van der Waals surface area contributed by atoms with Crippen LogP contribution in [0.2, 0.25) is 0 Å². The van der Waals surface area contributed by atoms with Gasteiger partial charge in [-0.15, -0.1) is 11.8 Å². The first-order valence-corrected chi connectivity index (χ1v) is 8.33. The van der Waals surface area contributed by atoms with E-state index in [0.29, 0.717) is 13.0 Å². The highest BCUT2D eigenvalue weighted by atomic mass is 32.2. The van der Waals surface area contributed by atoms with Gasteiger partial charge in [0.1, 0.15) is 0 Å². The predicted octanol–water partition coefficient (Wildman–Crippen LogP) is 2.98. The van der Waals surface area contributed by atoms with Gasteiger partial charge in [0.25, 0.3) is 0 Å². The molecule has 0 saturated heterocycles. The van der Waals surface area contributed by atoms with E-state index >= 15 is 0 Å². The monoisotopic (exact) mass is 293 g/mol. The van der Waals surface area contributed by atoms with Crippen molar-refractivity contribution in [1.82, 2.24) is 5.32 Å². The third-order valence-electron chi connectivity index (χ3n) is 3.74. The fraction of sp³-hybridized carbons (Fsp3) is 0.562. The van der Waals surface area contributed by atoms with Crippen LogP contribution >= 0.6 is 11.8 Å². The highest BCUT2D eigenvalue weighted by molar-refractivity contribution is 7.99. The third-order valence-corrected chi connectivity index (χ3v) is 4.75. The van der Waals surface area contributed by atoms with E-state index in [9.17, 15) is 9.90 Å². The molecule has 110 valence electrons. The summed E-state index contributed by atoms with van der Waals surface area (Å²) < 4.78 is 0. The first kappa shape index (κ1) is 15.4. The van der Waals surface area contributed by atoms with Crippen LogP contribution in [-0.2, 0) is 4.79 Å². The van der Waals surface area contributed by atoms with Crippen molar-refractivity contribution in [2.24, 2.45) is 0 Å². The topological polar surface area (TPSA) is 49.3 Å². The Hall–Kier alpha value is -1.00. The van der Waals surface area contributed by atoms with Crippen LogP contribution in [0.25, 0.3) is 0 Å². The Morgan fingerprint density at radius 3 is 2.60 bits per heavy atom. The zero-order valence-electron chi connectivity index (χ0n) is 11.8. The number of benzene rings is 1. The zero-order valence-corrected chi connectivity index (χ0v) is 12.6. The quantitative estimate of drug-likeness (QED) is 0.793. The van der Waals surface area contributed by atoms with Gasteiger partial charge in [-0.2, -0.15) is 0 Å². The minimum atomic E-state index is -0.666. The van der Waals surface area contributed by atoms with Gasteiger partial charge in [-0.25, -0.2) is 0 Å². The van der Waals surface area contributed by atoms with Gasteiger partial charge < -0.3 is 10.4 Å². The number of carbonyl (C=O) groups excluding carboxylic acids is 1. The molecule has 0 spiro atoms. The van der Waals surface area contributed by atoms with Crippen LogP contribution in [0.5, 0.6) is 0 Å². The number of carbonyl (C=O) groups is 1. The van der Waals surface area contributed by atoms with E-state index in [0.717, 1.165) is 31.4 Å². The van der Waals surface area contributed by atoms with Crippen LogP contribution < -0.4 is 5.32 Å². The summed E-state index contributed by atoms with van der Waals surface area (Å²) in [5.74, 6) is 0.807. The molecule has 2 N–H and O–H groups in total. The van der Waals surface area contributed by atoms with E-state index in [1.54, 1.807) is 11.8 Å². The Balaban J connectivity index is 1.63. The van der Waals surface area contributed by atoms with E-state index in [-0.39, 0.29) is 5.91 Å². The average molecular weight is 293 g/mol. The Labute approximate surface area is 125 Å². The number of hydrogen-bond acceptors (Lipinski definition) is 3. The highest BCUT2D eigenvalue weighted by Crippen LogP contribution is 2.27. The summed E-state index contributed by atoms with van der Waals surface area (Å²) >= 11 is 1.69. The summed E-state index contributed by atoms with van der Waals surface area (Å²) in [6.45, 7) is 0.405. The SMILES string of the molecule is O=C(CCSc1ccccc1)NCC1(O)CCCCC1. The van der Waals surface area contributed by atoms with Crippen LogP contribution in [0.3, 0.4) is 0 Å². The maximum atomic E-state index is 11.8. The first-order valence-electron chi connectivity index (χ1n) is 7.35. The molecule has 0 heterocycles. The molecule has 1 aromatic carbocycles. The van der Waals surface area contributed by atoms with Gasteiger partial charge in [-0.1, -0.05) is 37.5 Å². The molecular weight excluding hydrogens is 270 g/mol. The summed E-state index contributed by atoms with van der Waals surface area (Å²) in [6, 6.07) is 10.1. The Morgan fingerprint density at radius 2 is 1.90 bits per heavy atom. The molecule has 1 aromatic rings. The molecule has 0 radical (unpaired) electrons. The molecule has 0 aliphatic heterocycles. The molecule has 1 saturated carbocycles. The number of aliphatic hydroxyl groups is 1. The molecule has 1 fully saturated rings. The predicted molar refractivity (Wildman–Crippen MR) is 82.8 cm³/mol. The third kappa shape index (κ3) is 5.17. The molecule has 0 aromatic heterocycles. The molecule has 1 aliphatic rings. The van der Waals surface area contributed by atoms with Gasteiger partial charge in [0.2, 0.25) is 5.91 Å². The van der Waals surface area contributed by atoms with E-state index in [2.05, 4.69) is 5.32 Å². The van der Waals surface area contributed by atoms with Gasteiger partial charge in [0, 0.05) is 23.6 Å². The second-order valence-electron chi connectivity index (χ2n) is 5.47. The molecule has 1 aliphatic carbocycles. The van der Waals surface area contributed by atoms with Crippen molar-refractivity contribution in [3.05, 3.63) is 30.3 Å². The van der Waals surface area contributed by atoms with Gasteiger partial charge in [0.05, 0.1) is 5.60 Å². The fourth-order valence-electron chi connectivity index (χ4n) is 2.52. The second-order valence-corrected chi connectivity index (χ2v) is 6.64. The summed E-state index contributed by atoms with van der Waals surface area (Å²) in [5.41, 5.74) is -0.666. The largest absolute Gasteiger partial charge is 0.388 e. The number of nitrogens with one attached hydrogen (secondary N) is 1. The van der Waals surface area contributed by atoms with Crippen molar-refractivity contribution < 1.29 is 9.90 Å². The molecule has 20 heavy (non-hydrogen) atoms. The molecule has 3 nitrogen and oxygen atoms in total. The number of thioether (sulfide) groups is 1. The molecule has 4 heteroatoms. The Kier molecular flexibility index (Phi) is 5.92. The first-order chi connectivity index (χ1) is 9.68. The smallest absolute Gasteiger partial charge is 0.220 e. The van der Waals surface area contributed by atoms with Crippen molar-refractivity contribution >= 4 is 17.7 Å². The lowest BCUT2D eigenvalue weighted by Crippen LogP contribution is -2.44. The molecule has 0 unspecified atom stereocenters. The maximum Gasteiger partial charge on any atom is 0.220 e. The van der Waals surface area contributed by atoms with Crippen molar-refractivity contribution in [1.29, 1.82) is 0 Å². The average Bonchev–Trinajstić information content (AvgIpc) is 2.47. The standard InChI is InChI=1S/C16H23NO2S/c18-15(9-12-20-14-7-3-1-4-8-14)17-13-16(19)10-5-2-6-11-16/h1,3-4,7-8,19H,2,5-6,9-13H2,(H,17,18). The molecule has 2 rings (SSSR count).